The minimum Gasteiger partial charge on any atom is -0.378 e. The van der Waals surface area contributed by atoms with E-state index in [1.54, 1.807) is 13.0 Å². The van der Waals surface area contributed by atoms with Gasteiger partial charge in [-0.25, -0.2) is 8.78 Å². The number of hydrogen-bond donors (Lipinski definition) is 1. The molecule has 94 valence electrons. The van der Waals surface area contributed by atoms with Crippen LogP contribution < -0.4 is 5.32 Å². The molecule has 18 heavy (non-hydrogen) atoms. The van der Waals surface area contributed by atoms with Gasteiger partial charge in [-0.1, -0.05) is 12.1 Å². The van der Waals surface area contributed by atoms with E-state index >= 15 is 0 Å². The van der Waals surface area contributed by atoms with E-state index in [2.05, 4.69) is 27.9 Å². The lowest BCUT2D eigenvalue weighted by atomic mass is 10.1. The third-order valence-corrected chi connectivity index (χ3v) is 3.39. The van der Waals surface area contributed by atoms with E-state index in [4.69, 9.17) is 0 Å². The van der Waals surface area contributed by atoms with Gasteiger partial charge in [-0.15, -0.1) is 0 Å². The van der Waals surface area contributed by atoms with Crippen LogP contribution in [0.25, 0.3) is 0 Å². The first-order valence-corrected chi connectivity index (χ1v) is 6.62. The molecule has 0 fully saturated rings. The van der Waals surface area contributed by atoms with E-state index in [0.717, 1.165) is 15.3 Å². The van der Waals surface area contributed by atoms with E-state index in [1.807, 2.05) is 24.3 Å². The lowest BCUT2D eigenvalue weighted by Gasteiger charge is -2.16. The highest BCUT2D eigenvalue weighted by atomic mass is 127. The van der Waals surface area contributed by atoms with Crippen LogP contribution in [0, 0.1) is 15.2 Å². The molecule has 0 spiro atoms. The first-order chi connectivity index (χ1) is 8.58. The molecule has 0 aromatic heterocycles. The molecule has 0 aliphatic carbocycles. The molecule has 0 bridgehead atoms. The van der Waals surface area contributed by atoms with Crippen LogP contribution in [0.3, 0.4) is 0 Å². The zero-order valence-electron chi connectivity index (χ0n) is 9.75. The number of nitrogens with one attached hydrogen (secondary N) is 1. The Morgan fingerprint density at radius 1 is 1.06 bits per heavy atom. The van der Waals surface area contributed by atoms with Crippen molar-refractivity contribution in [3.63, 3.8) is 0 Å². The van der Waals surface area contributed by atoms with Gasteiger partial charge in [0.25, 0.3) is 0 Å². The van der Waals surface area contributed by atoms with Gasteiger partial charge in [0.1, 0.15) is 0 Å². The van der Waals surface area contributed by atoms with Gasteiger partial charge in [0.15, 0.2) is 11.6 Å². The molecule has 2 aromatic carbocycles. The summed E-state index contributed by atoms with van der Waals surface area (Å²) >= 11 is 2.21. The Labute approximate surface area is 118 Å². The molecule has 0 aliphatic rings. The Bertz CT molecular complexity index is 540. The normalized spacial score (nSPS) is 12.2. The van der Waals surface area contributed by atoms with E-state index in [1.165, 1.54) is 6.07 Å². The van der Waals surface area contributed by atoms with Crippen molar-refractivity contribution in [2.75, 3.05) is 5.32 Å². The van der Waals surface area contributed by atoms with E-state index in [0.29, 0.717) is 5.56 Å². The SMILES string of the molecule is CC(Nc1ccc(I)cc1)c1cccc(F)c1F. The first-order valence-electron chi connectivity index (χ1n) is 5.54. The summed E-state index contributed by atoms with van der Waals surface area (Å²) in [6.45, 7) is 1.80. The van der Waals surface area contributed by atoms with E-state index in [-0.39, 0.29) is 6.04 Å². The van der Waals surface area contributed by atoms with Crippen molar-refractivity contribution in [2.24, 2.45) is 0 Å². The Hall–Kier alpha value is -1.17. The van der Waals surface area contributed by atoms with Crippen molar-refractivity contribution < 1.29 is 8.78 Å². The second kappa shape index (κ2) is 5.65. The van der Waals surface area contributed by atoms with Gasteiger partial charge in [0.2, 0.25) is 0 Å². The minimum absolute atomic E-state index is 0.291. The molecule has 0 aliphatic heterocycles. The molecule has 2 aromatic rings. The number of rotatable bonds is 3. The van der Waals surface area contributed by atoms with Gasteiger partial charge in [-0.05, 0) is 59.8 Å². The number of benzene rings is 2. The van der Waals surface area contributed by atoms with Crippen LogP contribution in [0.2, 0.25) is 0 Å². The standard InChI is InChI=1S/C14H12F2IN/c1-9(12-3-2-4-13(15)14(12)16)18-11-7-5-10(17)6-8-11/h2-9,18H,1H3. The fourth-order valence-electron chi connectivity index (χ4n) is 1.73. The van der Waals surface area contributed by atoms with Crippen LogP contribution in [0.15, 0.2) is 42.5 Å². The maximum atomic E-state index is 13.6. The first kappa shape index (κ1) is 13.3. The smallest absolute Gasteiger partial charge is 0.164 e. The molecule has 2 rings (SSSR count). The summed E-state index contributed by atoms with van der Waals surface area (Å²) in [4.78, 5) is 0. The molecule has 0 saturated heterocycles. The molecular formula is C14H12F2IN. The second-order valence-corrected chi connectivity index (χ2v) is 5.26. The van der Waals surface area contributed by atoms with Gasteiger partial charge in [0, 0.05) is 14.8 Å². The maximum Gasteiger partial charge on any atom is 0.164 e. The van der Waals surface area contributed by atoms with Crippen molar-refractivity contribution in [3.05, 3.63) is 63.2 Å². The summed E-state index contributed by atoms with van der Waals surface area (Å²) in [5, 5.41) is 3.14. The number of halogens is 3. The highest BCUT2D eigenvalue weighted by Gasteiger charge is 2.13. The zero-order valence-corrected chi connectivity index (χ0v) is 11.9. The lowest BCUT2D eigenvalue weighted by molar-refractivity contribution is 0.494. The third-order valence-electron chi connectivity index (χ3n) is 2.68. The van der Waals surface area contributed by atoms with E-state index < -0.39 is 11.6 Å². The highest BCUT2D eigenvalue weighted by Crippen LogP contribution is 2.23. The molecule has 0 radical (unpaired) electrons. The summed E-state index contributed by atoms with van der Waals surface area (Å²) in [6, 6.07) is 11.7. The summed E-state index contributed by atoms with van der Waals surface area (Å²) in [5.41, 5.74) is 1.21. The second-order valence-electron chi connectivity index (χ2n) is 4.02. The largest absolute Gasteiger partial charge is 0.378 e. The van der Waals surface area contributed by atoms with Crippen molar-refractivity contribution in [1.82, 2.24) is 0 Å². The third kappa shape index (κ3) is 2.98. The molecule has 0 amide bonds. The Morgan fingerprint density at radius 3 is 2.39 bits per heavy atom. The van der Waals surface area contributed by atoms with Gasteiger partial charge in [0.05, 0.1) is 6.04 Å². The van der Waals surface area contributed by atoms with Gasteiger partial charge in [-0.2, -0.15) is 0 Å². The topological polar surface area (TPSA) is 12.0 Å². The Balaban J connectivity index is 2.19. The van der Waals surface area contributed by atoms with Crippen LogP contribution >= 0.6 is 22.6 Å². The minimum atomic E-state index is -0.816. The number of hydrogen-bond acceptors (Lipinski definition) is 1. The van der Waals surface area contributed by atoms with Gasteiger partial charge in [-0.3, -0.25) is 0 Å². The zero-order chi connectivity index (χ0) is 13.1. The molecule has 4 heteroatoms. The molecule has 0 saturated carbocycles. The average Bonchev–Trinajstić information content (AvgIpc) is 2.35. The van der Waals surface area contributed by atoms with Crippen LogP contribution in [0.5, 0.6) is 0 Å². The average molecular weight is 359 g/mol. The molecule has 1 N–H and O–H groups in total. The lowest BCUT2D eigenvalue weighted by Crippen LogP contribution is -2.09. The van der Waals surface area contributed by atoms with Gasteiger partial charge >= 0.3 is 0 Å². The Kier molecular flexibility index (Phi) is 4.16. The summed E-state index contributed by atoms with van der Waals surface area (Å²) in [5.74, 6) is -1.60. The van der Waals surface area contributed by atoms with Crippen LogP contribution in [-0.2, 0) is 0 Å². The Morgan fingerprint density at radius 2 is 1.72 bits per heavy atom. The molecular weight excluding hydrogens is 347 g/mol. The fraction of sp³-hybridized carbons (Fsp3) is 0.143. The highest BCUT2D eigenvalue weighted by molar-refractivity contribution is 14.1. The van der Waals surface area contributed by atoms with Gasteiger partial charge < -0.3 is 5.32 Å². The predicted octanol–water partition coefficient (Wildman–Crippen LogP) is 4.74. The quantitative estimate of drug-likeness (QED) is 0.781. The summed E-state index contributed by atoms with van der Waals surface area (Å²) < 4.78 is 27.9. The van der Waals surface area contributed by atoms with Crippen molar-refractivity contribution in [1.29, 1.82) is 0 Å². The van der Waals surface area contributed by atoms with Crippen molar-refractivity contribution >= 4 is 28.3 Å². The fourth-order valence-corrected chi connectivity index (χ4v) is 2.09. The summed E-state index contributed by atoms with van der Waals surface area (Å²) in [6.07, 6.45) is 0. The molecule has 1 unspecified atom stereocenters. The molecule has 0 heterocycles. The van der Waals surface area contributed by atoms with Crippen molar-refractivity contribution in [3.8, 4) is 0 Å². The van der Waals surface area contributed by atoms with Crippen molar-refractivity contribution in [2.45, 2.75) is 13.0 Å². The monoisotopic (exact) mass is 359 g/mol. The van der Waals surface area contributed by atoms with Crippen LogP contribution in [-0.4, -0.2) is 0 Å². The summed E-state index contributed by atoms with van der Waals surface area (Å²) in [7, 11) is 0. The van der Waals surface area contributed by atoms with E-state index in [9.17, 15) is 8.78 Å². The van der Waals surface area contributed by atoms with Crippen LogP contribution in [0.4, 0.5) is 14.5 Å². The molecule has 1 atom stereocenters. The maximum absolute atomic E-state index is 13.6. The van der Waals surface area contributed by atoms with Crippen LogP contribution in [0.1, 0.15) is 18.5 Å². The number of anilines is 1. The molecule has 1 nitrogen and oxygen atoms in total. The predicted molar refractivity (Wildman–Crippen MR) is 77.6 cm³/mol.